The SMILES string of the molecule is Cc1ccc(-c2cc(F)cc(Cl)c2N)c2ccccc12. The van der Waals surface area contributed by atoms with Crippen LogP contribution < -0.4 is 5.73 Å². The Kier molecular flexibility index (Phi) is 3.11. The molecule has 20 heavy (non-hydrogen) atoms. The number of benzene rings is 3. The number of fused-ring (bicyclic) bond motifs is 1. The molecule has 3 heteroatoms. The summed E-state index contributed by atoms with van der Waals surface area (Å²) in [4.78, 5) is 0. The van der Waals surface area contributed by atoms with E-state index in [9.17, 15) is 4.39 Å². The van der Waals surface area contributed by atoms with Crippen molar-refractivity contribution < 1.29 is 4.39 Å². The van der Waals surface area contributed by atoms with Crippen molar-refractivity contribution in [2.75, 3.05) is 5.73 Å². The predicted molar refractivity (Wildman–Crippen MR) is 83.5 cm³/mol. The number of halogens is 2. The molecule has 0 aliphatic heterocycles. The smallest absolute Gasteiger partial charge is 0.125 e. The van der Waals surface area contributed by atoms with E-state index in [1.54, 1.807) is 0 Å². The van der Waals surface area contributed by atoms with Gasteiger partial charge in [-0.25, -0.2) is 4.39 Å². The summed E-state index contributed by atoms with van der Waals surface area (Å²) < 4.78 is 13.6. The Labute approximate surface area is 121 Å². The zero-order valence-corrected chi connectivity index (χ0v) is 11.7. The molecule has 0 bridgehead atoms. The van der Waals surface area contributed by atoms with Crippen LogP contribution in [-0.2, 0) is 0 Å². The van der Waals surface area contributed by atoms with E-state index in [-0.39, 0.29) is 10.8 Å². The third-order valence-electron chi connectivity index (χ3n) is 3.53. The molecule has 1 nitrogen and oxygen atoms in total. The van der Waals surface area contributed by atoms with E-state index in [2.05, 4.69) is 0 Å². The van der Waals surface area contributed by atoms with Crippen LogP contribution in [0, 0.1) is 12.7 Å². The van der Waals surface area contributed by atoms with Crippen LogP contribution in [-0.4, -0.2) is 0 Å². The van der Waals surface area contributed by atoms with Gasteiger partial charge in [0, 0.05) is 5.56 Å². The number of hydrogen-bond acceptors (Lipinski definition) is 1. The standard InChI is InChI=1S/C17H13ClFN/c1-10-6-7-14(13-5-3-2-4-12(10)13)15-8-11(19)9-16(18)17(15)20/h2-9H,20H2,1H3. The van der Waals surface area contributed by atoms with Crippen LogP contribution in [0.15, 0.2) is 48.5 Å². The highest BCUT2D eigenvalue weighted by molar-refractivity contribution is 6.34. The summed E-state index contributed by atoms with van der Waals surface area (Å²) in [6, 6.07) is 14.6. The van der Waals surface area contributed by atoms with Gasteiger partial charge in [0.2, 0.25) is 0 Å². The van der Waals surface area contributed by atoms with Crippen molar-refractivity contribution in [3.05, 3.63) is 64.9 Å². The van der Waals surface area contributed by atoms with E-state index in [1.807, 2.05) is 43.3 Å². The number of aryl methyl sites for hydroxylation is 1. The maximum atomic E-state index is 13.6. The van der Waals surface area contributed by atoms with E-state index in [1.165, 1.54) is 17.7 Å². The van der Waals surface area contributed by atoms with Crippen molar-refractivity contribution >= 4 is 28.1 Å². The molecule has 0 atom stereocenters. The molecule has 3 aromatic carbocycles. The maximum absolute atomic E-state index is 13.6. The van der Waals surface area contributed by atoms with Gasteiger partial charge in [-0.15, -0.1) is 0 Å². The van der Waals surface area contributed by atoms with Crippen molar-refractivity contribution in [2.45, 2.75) is 6.92 Å². The van der Waals surface area contributed by atoms with E-state index < -0.39 is 0 Å². The minimum Gasteiger partial charge on any atom is -0.397 e. The average Bonchev–Trinajstić information content (AvgIpc) is 2.44. The second kappa shape index (κ2) is 4.80. The summed E-state index contributed by atoms with van der Waals surface area (Å²) >= 11 is 5.99. The molecular formula is C17H13ClFN. The Morgan fingerprint density at radius 3 is 2.40 bits per heavy atom. The fourth-order valence-corrected chi connectivity index (χ4v) is 2.70. The Morgan fingerprint density at radius 2 is 1.65 bits per heavy atom. The summed E-state index contributed by atoms with van der Waals surface area (Å²) in [5, 5.41) is 2.41. The molecule has 0 aliphatic carbocycles. The topological polar surface area (TPSA) is 26.0 Å². The first-order chi connectivity index (χ1) is 9.58. The number of nitrogens with two attached hydrogens (primary N) is 1. The van der Waals surface area contributed by atoms with Gasteiger partial charge >= 0.3 is 0 Å². The molecule has 100 valence electrons. The predicted octanol–water partition coefficient (Wildman–Crippen LogP) is 5.19. The molecule has 3 aromatic rings. The van der Waals surface area contributed by atoms with Crippen LogP contribution in [0.1, 0.15) is 5.56 Å². The Hall–Kier alpha value is -2.06. The molecule has 0 amide bonds. The highest BCUT2D eigenvalue weighted by atomic mass is 35.5. The van der Waals surface area contributed by atoms with Gasteiger partial charge in [0.25, 0.3) is 0 Å². The van der Waals surface area contributed by atoms with Crippen molar-refractivity contribution in [1.82, 2.24) is 0 Å². The number of nitrogen functional groups attached to an aromatic ring is 1. The lowest BCUT2D eigenvalue weighted by Crippen LogP contribution is -1.94. The lowest BCUT2D eigenvalue weighted by Gasteiger charge is -2.12. The Morgan fingerprint density at radius 1 is 0.950 bits per heavy atom. The third kappa shape index (κ3) is 2.02. The number of hydrogen-bond donors (Lipinski definition) is 1. The van der Waals surface area contributed by atoms with Crippen molar-refractivity contribution in [1.29, 1.82) is 0 Å². The molecule has 0 radical (unpaired) electrons. The minimum atomic E-state index is -0.385. The lowest BCUT2D eigenvalue weighted by atomic mass is 9.94. The highest BCUT2D eigenvalue weighted by Crippen LogP contribution is 2.37. The summed E-state index contributed by atoms with van der Waals surface area (Å²) in [5.41, 5.74) is 9.11. The largest absolute Gasteiger partial charge is 0.397 e. The van der Waals surface area contributed by atoms with Crippen LogP contribution in [0.25, 0.3) is 21.9 Å². The maximum Gasteiger partial charge on any atom is 0.125 e. The average molecular weight is 286 g/mol. The van der Waals surface area contributed by atoms with E-state index in [0.717, 1.165) is 16.3 Å². The number of rotatable bonds is 1. The van der Waals surface area contributed by atoms with Gasteiger partial charge in [0.1, 0.15) is 5.82 Å². The molecule has 0 spiro atoms. The molecule has 0 aliphatic rings. The first-order valence-corrected chi connectivity index (χ1v) is 6.69. The summed E-state index contributed by atoms with van der Waals surface area (Å²) in [6.45, 7) is 2.05. The molecule has 0 saturated carbocycles. The summed E-state index contributed by atoms with van der Waals surface area (Å²) in [7, 11) is 0. The number of anilines is 1. The molecule has 0 unspecified atom stereocenters. The van der Waals surface area contributed by atoms with Gasteiger partial charge in [-0.3, -0.25) is 0 Å². The lowest BCUT2D eigenvalue weighted by molar-refractivity contribution is 0.628. The summed E-state index contributed by atoms with van der Waals surface area (Å²) in [6.07, 6.45) is 0. The van der Waals surface area contributed by atoms with Gasteiger partial charge in [-0.1, -0.05) is 48.0 Å². The van der Waals surface area contributed by atoms with Gasteiger partial charge in [-0.05, 0) is 41.0 Å². The Balaban J connectivity index is 2.39. The van der Waals surface area contributed by atoms with E-state index in [4.69, 9.17) is 17.3 Å². The van der Waals surface area contributed by atoms with E-state index in [0.29, 0.717) is 11.3 Å². The van der Waals surface area contributed by atoms with Crippen LogP contribution in [0.5, 0.6) is 0 Å². The minimum absolute atomic E-state index is 0.240. The zero-order valence-electron chi connectivity index (χ0n) is 11.0. The Bertz CT molecular complexity index is 811. The molecule has 0 heterocycles. The highest BCUT2D eigenvalue weighted by Gasteiger charge is 2.12. The van der Waals surface area contributed by atoms with Crippen molar-refractivity contribution in [3.8, 4) is 11.1 Å². The normalized spacial score (nSPS) is 10.9. The van der Waals surface area contributed by atoms with Crippen LogP contribution in [0.4, 0.5) is 10.1 Å². The van der Waals surface area contributed by atoms with E-state index >= 15 is 0 Å². The fraction of sp³-hybridized carbons (Fsp3) is 0.0588. The third-order valence-corrected chi connectivity index (χ3v) is 3.84. The monoisotopic (exact) mass is 285 g/mol. The molecular weight excluding hydrogens is 273 g/mol. The molecule has 3 rings (SSSR count). The molecule has 2 N–H and O–H groups in total. The molecule has 0 saturated heterocycles. The quantitative estimate of drug-likeness (QED) is 0.612. The fourth-order valence-electron chi connectivity index (χ4n) is 2.49. The second-order valence-electron chi connectivity index (χ2n) is 4.82. The molecule has 0 aromatic heterocycles. The van der Waals surface area contributed by atoms with Crippen LogP contribution in [0.2, 0.25) is 5.02 Å². The van der Waals surface area contributed by atoms with Crippen LogP contribution in [0.3, 0.4) is 0 Å². The van der Waals surface area contributed by atoms with Crippen molar-refractivity contribution in [3.63, 3.8) is 0 Å². The van der Waals surface area contributed by atoms with Gasteiger partial charge < -0.3 is 5.73 Å². The van der Waals surface area contributed by atoms with Crippen LogP contribution >= 0.6 is 11.6 Å². The first-order valence-electron chi connectivity index (χ1n) is 6.31. The van der Waals surface area contributed by atoms with Gasteiger partial charge in [0.15, 0.2) is 0 Å². The van der Waals surface area contributed by atoms with Crippen molar-refractivity contribution in [2.24, 2.45) is 0 Å². The first kappa shape index (κ1) is 12.9. The summed E-state index contributed by atoms with van der Waals surface area (Å²) in [5.74, 6) is -0.385. The van der Waals surface area contributed by atoms with Gasteiger partial charge in [-0.2, -0.15) is 0 Å². The second-order valence-corrected chi connectivity index (χ2v) is 5.23. The zero-order chi connectivity index (χ0) is 14.3. The molecule has 0 fully saturated rings. The van der Waals surface area contributed by atoms with Gasteiger partial charge in [0.05, 0.1) is 10.7 Å².